The Bertz CT molecular complexity index is 226. The summed E-state index contributed by atoms with van der Waals surface area (Å²) in [7, 11) is 1.62. The summed E-state index contributed by atoms with van der Waals surface area (Å²) in [5.74, 6) is 1.25. The van der Waals surface area contributed by atoms with Gasteiger partial charge in [0.05, 0.1) is 6.61 Å². The van der Waals surface area contributed by atoms with Crippen LogP contribution in [0.3, 0.4) is 0 Å². The summed E-state index contributed by atoms with van der Waals surface area (Å²) in [5, 5.41) is 0. The predicted molar refractivity (Wildman–Crippen MR) is 55.0 cm³/mol. The first-order valence-electron chi connectivity index (χ1n) is 4.21. The second kappa shape index (κ2) is 6.02. The fraction of sp³-hybridized carbons (Fsp3) is 0.400. The summed E-state index contributed by atoms with van der Waals surface area (Å²) < 4.78 is 16.3. The van der Waals surface area contributed by atoms with Gasteiger partial charge >= 0.3 is 0 Å². The first-order valence-corrected chi connectivity index (χ1v) is 5.69. The van der Waals surface area contributed by atoms with Crippen LogP contribution in [0.15, 0.2) is 30.3 Å². The molecule has 0 saturated carbocycles. The maximum Gasteiger partial charge on any atom is 0.130 e. The molecule has 1 atom stereocenters. The Morgan fingerprint density at radius 2 is 2.00 bits per heavy atom. The number of hydrogen-bond donors (Lipinski definition) is 0. The third kappa shape index (κ3) is 4.31. The Morgan fingerprint density at radius 3 is 2.62 bits per heavy atom. The molecule has 0 aliphatic heterocycles. The standard InChI is InChI=1S/C10H14O2S/c1-12-7-8-13(11)9-10-5-3-2-4-6-10/h2-6H,7-9H2,1H3. The van der Waals surface area contributed by atoms with Crippen LogP contribution in [0.25, 0.3) is 0 Å². The van der Waals surface area contributed by atoms with Crippen LogP contribution in [0.5, 0.6) is 0 Å². The number of ether oxygens (including phenoxy) is 1. The highest BCUT2D eigenvalue weighted by atomic mass is 32.2. The minimum atomic E-state index is -0.796. The van der Waals surface area contributed by atoms with E-state index in [0.29, 0.717) is 18.1 Å². The fourth-order valence-electron chi connectivity index (χ4n) is 1.01. The van der Waals surface area contributed by atoms with E-state index in [1.807, 2.05) is 30.3 Å². The normalized spacial score (nSPS) is 12.8. The van der Waals surface area contributed by atoms with E-state index in [9.17, 15) is 4.55 Å². The van der Waals surface area contributed by atoms with E-state index in [2.05, 4.69) is 0 Å². The van der Waals surface area contributed by atoms with Crippen LogP contribution in [0.2, 0.25) is 0 Å². The van der Waals surface area contributed by atoms with Crippen molar-refractivity contribution in [1.29, 1.82) is 0 Å². The first kappa shape index (κ1) is 10.6. The summed E-state index contributed by atoms with van der Waals surface area (Å²) in [5.41, 5.74) is 1.12. The molecule has 0 spiro atoms. The molecule has 0 amide bonds. The Labute approximate surface area is 82.1 Å². The maximum atomic E-state index is 11.4. The van der Waals surface area contributed by atoms with Gasteiger partial charge in [-0.3, -0.25) is 0 Å². The lowest BCUT2D eigenvalue weighted by molar-refractivity contribution is 0.217. The number of hydrogen-bond acceptors (Lipinski definition) is 2. The Morgan fingerprint density at radius 1 is 1.31 bits per heavy atom. The van der Waals surface area contributed by atoms with Crippen LogP contribution >= 0.6 is 0 Å². The van der Waals surface area contributed by atoms with Crippen LogP contribution in [-0.2, 0) is 21.7 Å². The largest absolute Gasteiger partial charge is 0.616 e. The van der Waals surface area contributed by atoms with Gasteiger partial charge in [-0.25, -0.2) is 0 Å². The third-order valence-electron chi connectivity index (χ3n) is 1.69. The molecule has 1 aromatic carbocycles. The van der Waals surface area contributed by atoms with Gasteiger partial charge in [0.2, 0.25) is 0 Å². The molecule has 0 aliphatic carbocycles. The van der Waals surface area contributed by atoms with Crippen molar-refractivity contribution < 1.29 is 9.29 Å². The van der Waals surface area contributed by atoms with E-state index in [-0.39, 0.29) is 0 Å². The van der Waals surface area contributed by atoms with Gasteiger partial charge in [0.1, 0.15) is 11.5 Å². The summed E-state index contributed by atoms with van der Waals surface area (Å²) in [6.07, 6.45) is 0. The maximum absolute atomic E-state index is 11.4. The fourth-order valence-corrected chi connectivity index (χ4v) is 2.07. The quantitative estimate of drug-likeness (QED) is 0.673. The van der Waals surface area contributed by atoms with E-state index in [1.54, 1.807) is 7.11 Å². The number of rotatable bonds is 5. The number of methoxy groups -OCH3 is 1. The van der Waals surface area contributed by atoms with Gasteiger partial charge in [-0.2, -0.15) is 0 Å². The van der Waals surface area contributed by atoms with Gasteiger partial charge in [0.25, 0.3) is 0 Å². The molecule has 0 aliphatic rings. The molecule has 0 saturated heterocycles. The van der Waals surface area contributed by atoms with Crippen LogP contribution < -0.4 is 0 Å². The minimum Gasteiger partial charge on any atom is -0.616 e. The second-order valence-corrected chi connectivity index (χ2v) is 4.34. The van der Waals surface area contributed by atoms with Crippen LogP contribution in [-0.4, -0.2) is 24.0 Å². The molecule has 0 heterocycles. The third-order valence-corrected chi connectivity index (χ3v) is 2.96. The molecular formula is C10H14O2S. The van der Waals surface area contributed by atoms with Crippen molar-refractivity contribution in [3.8, 4) is 0 Å². The van der Waals surface area contributed by atoms with Gasteiger partial charge in [-0.1, -0.05) is 30.3 Å². The molecule has 2 nitrogen and oxygen atoms in total. The lowest BCUT2D eigenvalue weighted by Crippen LogP contribution is -2.13. The molecule has 72 valence electrons. The van der Waals surface area contributed by atoms with Crippen molar-refractivity contribution in [3.05, 3.63) is 35.9 Å². The van der Waals surface area contributed by atoms with Crippen molar-refractivity contribution in [3.63, 3.8) is 0 Å². The Kier molecular flexibility index (Phi) is 4.90. The molecule has 0 radical (unpaired) electrons. The van der Waals surface area contributed by atoms with Gasteiger partial charge in [-0.15, -0.1) is 0 Å². The molecule has 3 heteroatoms. The molecule has 1 unspecified atom stereocenters. The number of benzene rings is 1. The van der Waals surface area contributed by atoms with Crippen LogP contribution in [0, 0.1) is 0 Å². The zero-order valence-electron chi connectivity index (χ0n) is 7.73. The summed E-state index contributed by atoms with van der Waals surface area (Å²) in [6.45, 7) is 0.569. The molecule has 0 bridgehead atoms. The zero-order valence-corrected chi connectivity index (χ0v) is 8.55. The SMILES string of the molecule is COCC[S+]([O-])Cc1ccccc1. The van der Waals surface area contributed by atoms with Gasteiger partial charge in [0.15, 0.2) is 0 Å². The average Bonchev–Trinajstić information content (AvgIpc) is 2.16. The molecule has 0 fully saturated rings. The van der Waals surface area contributed by atoms with Gasteiger partial charge < -0.3 is 9.29 Å². The Hall–Kier alpha value is -0.510. The van der Waals surface area contributed by atoms with Crippen molar-refractivity contribution >= 4 is 11.2 Å². The van der Waals surface area contributed by atoms with Crippen molar-refractivity contribution in [1.82, 2.24) is 0 Å². The molecule has 0 aromatic heterocycles. The highest BCUT2D eigenvalue weighted by molar-refractivity contribution is 7.90. The minimum absolute atomic E-state index is 0.569. The van der Waals surface area contributed by atoms with E-state index < -0.39 is 11.2 Å². The van der Waals surface area contributed by atoms with E-state index in [4.69, 9.17) is 4.74 Å². The molecule has 0 N–H and O–H groups in total. The Balaban J connectivity index is 2.32. The summed E-state index contributed by atoms with van der Waals surface area (Å²) in [6, 6.07) is 9.86. The summed E-state index contributed by atoms with van der Waals surface area (Å²) in [4.78, 5) is 0. The van der Waals surface area contributed by atoms with Crippen molar-refractivity contribution in [2.24, 2.45) is 0 Å². The lowest BCUT2D eigenvalue weighted by atomic mass is 10.2. The lowest BCUT2D eigenvalue weighted by Gasteiger charge is -2.09. The van der Waals surface area contributed by atoms with Crippen LogP contribution in [0.4, 0.5) is 0 Å². The molecular weight excluding hydrogens is 184 g/mol. The predicted octanol–water partition coefficient (Wildman–Crippen LogP) is 1.58. The van der Waals surface area contributed by atoms with Gasteiger partial charge in [-0.05, 0) is 11.2 Å². The van der Waals surface area contributed by atoms with E-state index in [0.717, 1.165) is 5.56 Å². The summed E-state index contributed by atoms with van der Waals surface area (Å²) >= 11 is -0.796. The topological polar surface area (TPSA) is 32.3 Å². The van der Waals surface area contributed by atoms with Crippen molar-refractivity contribution in [2.75, 3.05) is 19.5 Å². The average molecular weight is 198 g/mol. The molecule has 1 aromatic rings. The first-order chi connectivity index (χ1) is 6.33. The molecule has 1 rings (SSSR count). The smallest absolute Gasteiger partial charge is 0.130 e. The van der Waals surface area contributed by atoms with Gasteiger partial charge in [0, 0.05) is 12.7 Å². The monoisotopic (exact) mass is 198 g/mol. The second-order valence-electron chi connectivity index (χ2n) is 2.77. The highest BCUT2D eigenvalue weighted by Crippen LogP contribution is 2.05. The van der Waals surface area contributed by atoms with Crippen LogP contribution in [0.1, 0.15) is 5.56 Å². The van der Waals surface area contributed by atoms with Crippen molar-refractivity contribution in [2.45, 2.75) is 5.75 Å². The van der Waals surface area contributed by atoms with E-state index >= 15 is 0 Å². The van der Waals surface area contributed by atoms with E-state index in [1.165, 1.54) is 0 Å². The highest BCUT2D eigenvalue weighted by Gasteiger charge is 2.05. The zero-order chi connectivity index (χ0) is 9.52. The molecule has 13 heavy (non-hydrogen) atoms.